The highest BCUT2D eigenvalue weighted by Crippen LogP contribution is 2.29. The molecule has 0 atom stereocenters. The lowest BCUT2D eigenvalue weighted by Crippen LogP contribution is -2.48. The highest BCUT2D eigenvalue weighted by Gasteiger charge is 2.26. The maximum absolute atomic E-state index is 11.5. The summed E-state index contributed by atoms with van der Waals surface area (Å²) in [6.45, 7) is 8.12. The van der Waals surface area contributed by atoms with Crippen LogP contribution in [0, 0.1) is 24.0 Å². The third-order valence-corrected chi connectivity index (χ3v) is 6.47. The minimum absolute atomic E-state index is 0. The Balaban J connectivity index is 0. The lowest BCUT2D eigenvalue weighted by Gasteiger charge is -2.39. The van der Waals surface area contributed by atoms with Crippen LogP contribution in [0.4, 0.5) is 5.69 Å². The Kier molecular flexibility index (Phi) is 17.5. The molecule has 218 valence electrons. The standard InChI is InChI=1S/C26H31N5O3.3ClH.2H2O/c1-20-19-24(25(31(33)34)21(2)30(20)32)27-13-14-28-15-17-29(18-16-28)26(22-9-5-3-6-10-22)23-11-7-4-8-12-23;;;;;/h3-12,19,26,32H,13-18H2,1-2H3;3*1H;2*1H2. The van der Waals surface area contributed by atoms with Gasteiger partial charge in [-0.2, -0.15) is 4.73 Å². The Bertz CT molecular complexity index is 1170. The van der Waals surface area contributed by atoms with Gasteiger partial charge in [0.05, 0.1) is 23.2 Å². The van der Waals surface area contributed by atoms with Gasteiger partial charge in [0, 0.05) is 32.7 Å². The summed E-state index contributed by atoms with van der Waals surface area (Å²) in [7, 11) is 0. The lowest BCUT2D eigenvalue weighted by atomic mass is 9.96. The first-order valence-electron chi connectivity index (χ1n) is 11.6. The second kappa shape index (κ2) is 17.8. The Labute approximate surface area is 246 Å². The van der Waals surface area contributed by atoms with Crippen LogP contribution in [-0.4, -0.2) is 74.9 Å². The molecular weight excluding hydrogens is 569 g/mol. The van der Waals surface area contributed by atoms with Crippen LogP contribution in [0.5, 0.6) is 0 Å². The predicted molar refractivity (Wildman–Crippen MR) is 160 cm³/mol. The molecule has 0 spiro atoms. The molecule has 0 aliphatic carbocycles. The summed E-state index contributed by atoms with van der Waals surface area (Å²) < 4.78 is 0.840. The zero-order valence-corrected chi connectivity index (χ0v) is 24.3. The van der Waals surface area contributed by atoms with Crippen LogP contribution in [-0.2, 0) is 0 Å². The fraction of sp³-hybridized carbons (Fsp3) is 0.346. The topological polar surface area (TPSA) is 150 Å². The van der Waals surface area contributed by atoms with Crippen LogP contribution in [0.25, 0.3) is 0 Å². The second-order valence-electron chi connectivity index (χ2n) is 8.66. The third kappa shape index (κ3) is 9.18. The average molecular weight is 607 g/mol. The first kappa shape index (κ1) is 38.4. The lowest BCUT2D eigenvalue weighted by molar-refractivity contribution is -0.387. The van der Waals surface area contributed by atoms with Gasteiger partial charge in [-0.05, 0) is 31.0 Å². The number of hydrogen-bond acceptors (Lipinski definition) is 6. The average Bonchev–Trinajstić information content (AvgIpc) is 2.85. The highest BCUT2D eigenvalue weighted by atomic mass is 35.5. The Morgan fingerprint density at radius 2 is 1.38 bits per heavy atom. The molecule has 1 saturated heterocycles. The Morgan fingerprint density at radius 1 is 0.897 bits per heavy atom. The van der Waals surface area contributed by atoms with Gasteiger partial charge in [0.1, 0.15) is 11.1 Å². The van der Waals surface area contributed by atoms with Crippen molar-refractivity contribution in [2.45, 2.75) is 19.9 Å². The maximum Gasteiger partial charge on any atom is 0.316 e. The molecule has 5 N–H and O–H groups in total. The summed E-state index contributed by atoms with van der Waals surface area (Å²) in [5.74, 6) is 0. The van der Waals surface area contributed by atoms with Gasteiger partial charge in [0.2, 0.25) is 0 Å². The van der Waals surface area contributed by atoms with Crippen LogP contribution in [0.15, 0.2) is 71.7 Å². The van der Waals surface area contributed by atoms with Crippen LogP contribution in [0.1, 0.15) is 28.6 Å². The Hall–Kier alpha value is -2.70. The summed E-state index contributed by atoms with van der Waals surface area (Å²) in [4.78, 5) is 20.4. The molecular formula is C26H38Cl3N5O5. The van der Waals surface area contributed by atoms with Gasteiger partial charge >= 0.3 is 5.69 Å². The quantitative estimate of drug-likeness (QED) is 0.249. The molecule has 2 aromatic carbocycles. The van der Waals surface area contributed by atoms with Crippen LogP contribution in [0.3, 0.4) is 0 Å². The molecule has 1 aromatic heterocycles. The third-order valence-electron chi connectivity index (χ3n) is 6.47. The molecule has 10 nitrogen and oxygen atoms in total. The fourth-order valence-electron chi connectivity index (χ4n) is 4.67. The number of nitrogens with zero attached hydrogens (tertiary/aromatic N) is 5. The van der Waals surface area contributed by atoms with Gasteiger partial charge in [-0.15, -0.1) is 37.2 Å². The van der Waals surface area contributed by atoms with E-state index in [2.05, 4.69) is 63.3 Å². The van der Waals surface area contributed by atoms with Crippen LogP contribution >= 0.6 is 37.2 Å². The summed E-state index contributed by atoms with van der Waals surface area (Å²) in [6, 6.07) is 23.0. The van der Waals surface area contributed by atoms with Crippen molar-refractivity contribution in [1.29, 1.82) is 0 Å². The van der Waals surface area contributed by atoms with Gasteiger partial charge in [-0.3, -0.25) is 24.9 Å². The van der Waals surface area contributed by atoms with Crippen molar-refractivity contribution >= 4 is 42.9 Å². The highest BCUT2D eigenvalue weighted by molar-refractivity contribution is 5.86. The number of piperazine rings is 1. The zero-order chi connectivity index (χ0) is 24.1. The van der Waals surface area contributed by atoms with Crippen molar-refractivity contribution < 1.29 is 21.1 Å². The van der Waals surface area contributed by atoms with E-state index in [0.29, 0.717) is 17.6 Å². The van der Waals surface area contributed by atoms with E-state index in [0.717, 1.165) is 37.5 Å². The molecule has 3 aromatic rings. The molecule has 0 unspecified atom stereocenters. The number of hydrogen-bond donors (Lipinski definition) is 1. The number of rotatable bonds is 7. The van der Waals surface area contributed by atoms with Gasteiger partial charge in [0.25, 0.3) is 0 Å². The van der Waals surface area contributed by atoms with Crippen LogP contribution in [0.2, 0.25) is 0 Å². The van der Waals surface area contributed by atoms with Crippen molar-refractivity contribution in [2.75, 3.05) is 39.3 Å². The van der Waals surface area contributed by atoms with Crippen molar-refractivity contribution in [3.8, 4) is 0 Å². The smallest absolute Gasteiger partial charge is 0.316 e. The zero-order valence-electron chi connectivity index (χ0n) is 21.9. The van der Waals surface area contributed by atoms with E-state index in [9.17, 15) is 15.3 Å². The molecule has 2 heterocycles. The summed E-state index contributed by atoms with van der Waals surface area (Å²) in [5.41, 5.74) is 3.14. The molecule has 0 radical (unpaired) electrons. The van der Waals surface area contributed by atoms with E-state index in [1.807, 2.05) is 12.1 Å². The van der Waals surface area contributed by atoms with E-state index in [1.165, 1.54) is 18.1 Å². The van der Waals surface area contributed by atoms with Crippen molar-refractivity contribution in [2.24, 2.45) is 4.99 Å². The first-order chi connectivity index (χ1) is 16.5. The van der Waals surface area contributed by atoms with Crippen molar-refractivity contribution in [3.63, 3.8) is 0 Å². The van der Waals surface area contributed by atoms with Gasteiger partial charge in [0.15, 0.2) is 0 Å². The molecule has 1 aliphatic heterocycles. The molecule has 4 rings (SSSR count). The number of aromatic nitrogens is 1. The number of benzene rings is 2. The predicted octanol–water partition coefficient (Wildman–Crippen LogP) is 3.17. The van der Waals surface area contributed by atoms with E-state index >= 15 is 0 Å². The number of nitro groups is 1. The maximum atomic E-state index is 11.5. The molecule has 39 heavy (non-hydrogen) atoms. The molecule has 13 heteroatoms. The molecule has 1 fully saturated rings. The minimum atomic E-state index is -0.480. The Morgan fingerprint density at radius 3 is 1.85 bits per heavy atom. The second-order valence-corrected chi connectivity index (χ2v) is 8.66. The molecule has 0 saturated carbocycles. The first-order valence-corrected chi connectivity index (χ1v) is 11.6. The molecule has 0 bridgehead atoms. The fourth-order valence-corrected chi connectivity index (χ4v) is 4.67. The summed E-state index contributed by atoms with van der Waals surface area (Å²) in [6.07, 6.45) is 0. The van der Waals surface area contributed by atoms with E-state index < -0.39 is 4.92 Å². The normalized spacial score (nSPS) is 13.7. The van der Waals surface area contributed by atoms with Gasteiger partial charge in [-0.25, -0.2) is 0 Å². The van der Waals surface area contributed by atoms with Crippen molar-refractivity contribution in [1.82, 2.24) is 14.5 Å². The van der Waals surface area contributed by atoms with E-state index in [4.69, 9.17) is 0 Å². The van der Waals surface area contributed by atoms with E-state index in [-0.39, 0.29) is 65.6 Å². The molecule has 1 aliphatic rings. The van der Waals surface area contributed by atoms with Gasteiger partial charge in [-0.1, -0.05) is 60.7 Å². The number of aryl methyl sites for hydroxylation is 1. The van der Waals surface area contributed by atoms with E-state index in [1.54, 1.807) is 13.0 Å². The minimum Gasteiger partial charge on any atom is -0.428 e. The SMILES string of the molecule is Cc1cc(=NCCN2CCN(C(c3ccccc3)c3ccccc3)CC2)c([N+](=O)[O-])c(C)n1O.Cl.Cl.Cl.O.O. The van der Waals surface area contributed by atoms with Gasteiger partial charge < -0.3 is 16.2 Å². The monoisotopic (exact) mass is 605 g/mol. The van der Waals surface area contributed by atoms with Crippen molar-refractivity contribution in [3.05, 3.63) is 105 Å². The number of pyridine rings is 1. The molecule has 0 amide bonds. The number of halogens is 3. The summed E-state index contributed by atoms with van der Waals surface area (Å²) >= 11 is 0. The summed E-state index contributed by atoms with van der Waals surface area (Å²) in [5, 5.41) is 21.8. The van der Waals surface area contributed by atoms with Crippen LogP contribution < -0.4 is 5.36 Å². The largest absolute Gasteiger partial charge is 0.428 e.